The maximum absolute atomic E-state index is 12.7. The number of anilines is 1. The molecular weight excluding hydrogens is 450 g/mol. The Morgan fingerprint density at radius 1 is 1.19 bits per heavy atom. The fourth-order valence-electron chi connectivity index (χ4n) is 2.83. The molecule has 0 saturated carbocycles. The zero-order valence-corrected chi connectivity index (χ0v) is 18.2. The Morgan fingerprint density at radius 2 is 2.03 bits per heavy atom. The molecule has 160 valence electrons. The quantitative estimate of drug-likeness (QED) is 0.316. The maximum Gasteiger partial charge on any atom is 0.284 e. The number of nitro benzene ring substituents is 1. The highest BCUT2D eigenvalue weighted by Gasteiger charge is 2.20. The van der Waals surface area contributed by atoms with Crippen LogP contribution in [0, 0.1) is 17.0 Å². The number of hydrogen-bond acceptors (Lipinski definition) is 8. The molecule has 32 heavy (non-hydrogen) atoms. The number of nitrogens with one attached hydrogen (secondary N) is 2. The van der Waals surface area contributed by atoms with E-state index in [1.54, 1.807) is 42.5 Å². The average molecular weight is 466 g/mol. The van der Waals surface area contributed by atoms with Crippen LogP contribution in [0.15, 0.2) is 74.0 Å². The van der Waals surface area contributed by atoms with Gasteiger partial charge in [0, 0.05) is 40.0 Å². The molecule has 2 heterocycles. The summed E-state index contributed by atoms with van der Waals surface area (Å²) < 4.78 is 0.690. The van der Waals surface area contributed by atoms with Crippen LogP contribution in [0.4, 0.5) is 11.4 Å². The van der Waals surface area contributed by atoms with Gasteiger partial charge in [-0.1, -0.05) is 23.9 Å². The van der Waals surface area contributed by atoms with E-state index in [0.29, 0.717) is 26.2 Å². The fourth-order valence-corrected chi connectivity index (χ4v) is 4.70. The van der Waals surface area contributed by atoms with Crippen molar-refractivity contribution in [2.24, 2.45) is 0 Å². The molecule has 0 spiro atoms. The lowest BCUT2D eigenvalue weighted by Gasteiger charge is -2.08. The Bertz CT molecular complexity index is 1360. The number of hydrogen-bond donors (Lipinski definition) is 2. The molecule has 2 aromatic carbocycles. The largest absolute Gasteiger partial charge is 0.322 e. The first kappa shape index (κ1) is 21.4. The van der Waals surface area contributed by atoms with Gasteiger partial charge in [-0.05, 0) is 37.3 Å². The van der Waals surface area contributed by atoms with Gasteiger partial charge < -0.3 is 5.32 Å². The molecule has 0 radical (unpaired) electrons. The summed E-state index contributed by atoms with van der Waals surface area (Å²) in [6.07, 6.45) is 0. The summed E-state index contributed by atoms with van der Waals surface area (Å²) in [7, 11) is 0. The number of nitrogens with zero attached hydrogens (tertiary/aromatic N) is 3. The van der Waals surface area contributed by atoms with Gasteiger partial charge in [0.15, 0.2) is 4.34 Å². The Hall–Kier alpha value is -3.83. The van der Waals surface area contributed by atoms with E-state index >= 15 is 0 Å². The molecule has 9 nitrogen and oxygen atoms in total. The monoisotopic (exact) mass is 465 g/mol. The number of carbonyl (C=O) groups excluding carboxylic acids is 1. The lowest BCUT2D eigenvalue weighted by molar-refractivity contribution is -0.387. The highest BCUT2D eigenvalue weighted by atomic mass is 32.2. The van der Waals surface area contributed by atoms with Crippen molar-refractivity contribution in [2.75, 3.05) is 5.32 Å². The summed E-state index contributed by atoms with van der Waals surface area (Å²) in [5, 5.41) is 22.5. The topological polar surface area (TPSA) is 131 Å². The molecule has 0 saturated heterocycles. The van der Waals surface area contributed by atoms with Crippen LogP contribution < -0.4 is 10.9 Å². The molecule has 0 aliphatic carbocycles. The first-order chi connectivity index (χ1) is 15.4. The molecule has 4 rings (SSSR count). The number of carbonyl (C=O) groups is 1. The van der Waals surface area contributed by atoms with E-state index in [1.807, 2.05) is 12.3 Å². The van der Waals surface area contributed by atoms with Crippen molar-refractivity contribution in [3.63, 3.8) is 0 Å². The van der Waals surface area contributed by atoms with Crippen LogP contribution in [0.1, 0.15) is 16.1 Å². The van der Waals surface area contributed by atoms with Crippen molar-refractivity contribution in [2.45, 2.75) is 16.2 Å². The van der Waals surface area contributed by atoms with Gasteiger partial charge >= 0.3 is 0 Å². The minimum absolute atomic E-state index is 0.156. The highest BCUT2D eigenvalue weighted by molar-refractivity contribution is 8.01. The molecule has 11 heteroatoms. The van der Waals surface area contributed by atoms with E-state index in [4.69, 9.17) is 0 Å². The van der Waals surface area contributed by atoms with Crippen LogP contribution in [-0.4, -0.2) is 26.0 Å². The molecule has 0 atom stereocenters. The second-order valence-electron chi connectivity index (χ2n) is 6.64. The summed E-state index contributed by atoms with van der Waals surface area (Å²) in [5.74, 6) is -0.485. The van der Waals surface area contributed by atoms with E-state index in [2.05, 4.69) is 20.5 Å². The molecule has 2 aromatic heterocycles. The number of aryl methyl sites for hydroxylation is 1. The van der Waals surface area contributed by atoms with Gasteiger partial charge in [0.25, 0.3) is 17.2 Å². The molecule has 4 aromatic rings. The minimum Gasteiger partial charge on any atom is -0.322 e. The summed E-state index contributed by atoms with van der Waals surface area (Å²) in [6.45, 7) is 1.85. The maximum atomic E-state index is 12.7. The third-order valence-electron chi connectivity index (χ3n) is 4.31. The van der Waals surface area contributed by atoms with Crippen molar-refractivity contribution in [3.8, 4) is 11.3 Å². The minimum atomic E-state index is -0.512. The number of rotatable bonds is 6. The number of thiazole rings is 1. The second-order valence-corrected chi connectivity index (χ2v) is 8.79. The highest BCUT2D eigenvalue weighted by Crippen LogP contribution is 2.37. The van der Waals surface area contributed by atoms with Crippen molar-refractivity contribution in [3.05, 3.63) is 91.7 Å². The van der Waals surface area contributed by atoms with Gasteiger partial charge in [0.05, 0.1) is 15.5 Å². The standard InChI is InChI=1S/C21H15N5O4S2/c1-12-11-31-21(22-12)32-18-7-5-14(10-17(18)26(29)30)20(28)23-15-4-2-3-13(9-15)16-6-8-19(27)25-24-16/h2-11H,1H3,(H,23,28)(H,25,27). The van der Waals surface area contributed by atoms with Crippen LogP contribution in [0.25, 0.3) is 11.3 Å². The van der Waals surface area contributed by atoms with Crippen molar-refractivity contribution < 1.29 is 9.72 Å². The predicted molar refractivity (Wildman–Crippen MR) is 122 cm³/mol. The van der Waals surface area contributed by atoms with Gasteiger partial charge in [-0.25, -0.2) is 10.1 Å². The van der Waals surface area contributed by atoms with Crippen molar-refractivity contribution >= 4 is 40.4 Å². The second kappa shape index (κ2) is 9.12. The third kappa shape index (κ3) is 4.90. The Balaban J connectivity index is 1.56. The number of aromatic amines is 1. The molecule has 0 unspecified atom stereocenters. The molecule has 0 bridgehead atoms. The summed E-state index contributed by atoms with van der Waals surface area (Å²) >= 11 is 2.59. The molecule has 2 N–H and O–H groups in total. The van der Waals surface area contributed by atoms with Crippen LogP contribution in [-0.2, 0) is 0 Å². The van der Waals surface area contributed by atoms with E-state index in [1.165, 1.54) is 35.2 Å². The van der Waals surface area contributed by atoms with Gasteiger partial charge in [0.1, 0.15) is 0 Å². The van der Waals surface area contributed by atoms with E-state index < -0.39 is 10.8 Å². The molecular formula is C21H15N5O4S2. The molecule has 0 aliphatic heterocycles. The zero-order chi connectivity index (χ0) is 22.7. The van der Waals surface area contributed by atoms with Crippen LogP contribution in [0.3, 0.4) is 0 Å². The van der Waals surface area contributed by atoms with Crippen LogP contribution in [0.5, 0.6) is 0 Å². The molecule has 0 aliphatic rings. The van der Waals surface area contributed by atoms with Gasteiger partial charge in [-0.15, -0.1) is 11.3 Å². The van der Waals surface area contributed by atoms with Crippen LogP contribution in [0.2, 0.25) is 0 Å². The predicted octanol–water partition coefficient (Wildman–Crippen LogP) is 4.51. The SMILES string of the molecule is Cc1csc(Sc2ccc(C(=O)Nc3cccc(-c4ccc(=O)[nH]n4)c3)cc2[N+](=O)[O-])n1. The third-order valence-corrected chi connectivity index (χ3v) is 6.43. The number of nitro groups is 1. The smallest absolute Gasteiger partial charge is 0.284 e. The number of benzene rings is 2. The summed E-state index contributed by atoms with van der Waals surface area (Å²) in [4.78, 5) is 39.7. The van der Waals surface area contributed by atoms with E-state index in [9.17, 15) is 19.7 Å². The number of H-pyrrole nitrogens is 1. The van der Waals surface area contributed by atoms with E-state index in [0.717, 1.165) is 5.69 Å². The number of aromatic nitrogens is 3. The lowest BCUT2D eigenvalue weighted by Crippen LogP contribution is -2.12. The Labute approximate surface area is 189 Å². The van der Waals surface area contributed by atoms with E-state index in [-0.39, 0.29) is 16.8 Å². The van der Waals surface area contributed by atoms with Gasteiger partial charge in [-0.3, -0.25) is 19.7 Å². The first-order valence-corrected chi connectivity index (χ1v) is 10.9. The molecule has 1 amide bonds. The van der Waals surface area contributed by atoms with Crippen LogP contribution >= 0.6 is 23.1 Å². The normalized spacial score (nSPS) is 10.7. The summed E-state index contributed by atoms with van der Waals surface area (Å²) in [5.41, 5.74) is 2.23. The van der Waals surface area contributed by atoms with Gasteiger partial charge in [0.2, 0.25) is 0 Å². The lowest BCUT2D eigenvalue weighted by atomic mass is 10.1. The average Bonchev–Trinajstić information content (AvgIpc) is 3.19. The summed E-state index contributed by atoms with van der Waals surface area (Å²) in [6, 6.07) is 14.2. The fraction of sp³-hybridized carbons (Fsp3) is 0.0476. The number of amides is 1. The van der Waals surface area contributed by atoms with Crippen molar-refractivity contribution in [1.82, 2.24) is 15.2 Å². The first-order valence-electron chi connectivity index (χ1n) is 9.25. The Morgan fingerprint density at radius 3 is 2.72 bits per heavy atom. The Kier molecular flexibility index (Phi) is 6.10. The molecule has 0 fully saturated rings. The zero-order valence-electron chi connectivity index (χ0n) is 16.6. The van der Waals surface area contributed by atoms with Crippen molar-refractivity contribution in [1.29, 1.82) is 0 Å². The van der Waals surface area contributed by atoms with Gasteiger partial charge in [-0.2, -0.15) is 5.10 Å².